The summed E-state index contributed by atoms with van der Waals surface area (Å²) in [6.07, 6.45) is 1.15. The van der Waals surface area contributed by atoms with Crippen LogP contribution in [0.2, 0.25) is 0 Å². The van der Waals surface area contributed by atoms with Crippen molar-refractivity contribution >= 4 is 5.97 Å². The summed E-state index contributed by atoms with van der Waals surface area (Å²) in [6, 6.07) is 7.78. The van der Waals surface area contributed by atoms with Gasteiger partial charge < -0.3 is 14.3 Å². The predicted molar refractivity (Wildman–Crippen MR) is 63.9 cm³/mol. The quantitative estimate of drug-likeness (QED) is 0.896. The molecule has 0 aliphatic carbocycles. The molecule has 5 nitrogen and oxygen atoms in total. The fourth-order valence-electron chi connectivity index (χ4n) is 1.50. The second-order valence-corrected chi connectivity index (χ2v) is 3.56. The Balaban J connectivity index is 2.44. The third-order valence-electron chi connectivity index (χ3n) is 2.44. The Labute approximate surface area is 102 Å². The van der Waals surface area contributed by atoms with Crippen LogP contribution in [0, 0.1) is 0 Å². The summed E-state index contributed by atoms with van der Waals surface area (Å²) in [7, 11) is 1.55. The Morgan fingerprint density at radius 3 is 2.44 bits per heavy atom. The number of carboxylic acid groups (broad SMARTS) is 1. The molecule has 18 heavy (non-hydrogen) atoms. The summed E-state index contributed by atoms with van der Waals surface area (Å²) in [4.78, 5) is 22.4. The van der Waals surface area contributed by atoms with Gasteiger partial charge in [0.1, 0.15) is 12.0 Å². The van der Waals surface area contributed by atoms with Crippen LogP contribution in [0.4, 0.5) is 0 Å². The van der Waals surface area contributed by atoms with Crippen LogP contribution in [0.5, 0.6) is 5.75 Å². The van der Waals surface area contributed by atoms with E-state index in [9.17, 15) is 9.59 Å². The van der Waals surface area contributed by atoms with Gasteiger partial charge in [-0.3, -0.25) is 4.79 Å². The summed E-state index contributed by atoms with van der Waals surface area (Å²) in [5.41, 5.74) is 0.549. The lowest BCUT2D eigenvalue weighted by Gasteiger charge is -2.02. The van der Waals surface area contributed by atoms with E-state index in [0.717, 1.165) is 12.3 Å². The van der Waals surface area contributed by atoms with Gasteiger partial charge in [-0.25, -0.2) is 4.79 Å². The van der Waals surface area contributed by atoms with Gasteiger partial charge in [0.25, 0.3) is 0 Å². The highest BCUT2D eigenvalue weighted by Gasteiger charge is 2.10. The first-order valence-electron chi connectivity index (χ1n) is 5.12. The van der Waals surface area contributed by atoms with Gasteiger partial charge in [-0.15, -0.1) is 0 Å². The maximum atomic E-state index is 11.7. The minimum atomic E-state index is -1.27. The van der Waals surface area contributed by atoms with Crippen LogP contribution >= 0.6 is 0 Å². The molecule has 0 amide bonds. The highest BCUT2D eigenvalue weighted by atomic mass is 16.5. The fourth-order valence-corrected chi connectivity index (χ4v) is 1.50. The molecule has 0 aliphatic rings. The van der Waals surface area contributed by atoms with E-state index in [2.05, 4.69) is 0 Å². The average molecular weight is 246 g/mol. The summed E-state index contributed by atoms with van der Waals surface area (Å²) in [6.45, 7) is 0. The van der Waals surface area contributed by atoms with Gasteiger partial charge in [-0.1, -0.05) is 12.1 Å². The molecule has 92 valence electrons. The number of benzene rings is 1. The van der Waals surface area contributed by atoms with Crippen molar-refractivity contribution in [3.8, 4) is 16.9 Å². The summed E-state index contributed by atoms with van der Waals surface area (Å²) in [5.74, 6) is -0.976. The second-order valence-electron chi connectivity index (χ2n) is 3.56. The molecule has 0 atom stereocenters. The molecule has 0 radical (unpaired) electrons. The van der Waals surface area contributed by atoms with E-state index in [1.807, 2.05) is 0 Å². The van der Waals surface area contributed by atoms with Crippen molar-refractivity contribution in [2.75, 3.05) is 7.11 Å². The molecule has 2 aromatic rings. The van der Waals surface area contributed by atoms with Crippen molar-refractivity contribution in [3.63, 3.8) is 0 Å². The van der Waals surface area contributed by atoms with Crippen LogP contribution < -0.4 is 10.2 Å². The average Bonchev–Trinajstić information content (AvgIpc) is 2.38. The number of rotatable bonds is 3. The van der Waals surface area contributed by atoms with Crippen molar-refractivity contribution in [2.45, 2.75) is 0 Å². The second kappa shape index (κ2) is 4.75. The molecule has 0 saturated heterocycles. The first-order chi connectivity index (χ1) is 8.61. The van der Waals surface area contributed by atoms with E-state index in [1.165, 1.54) is 0 Å². The van der Waals surface area contributed by atoms with Crippen LogP contribution in [0.15, 0.2) is 45.8 Å². The molecular formula is C13H10O5. The summed E-state index contributed by atoms with van der Waals surface area (Å²) in [5, 5.41) is 8.69. The van der Waals surface area contributed by atoms with E-state index < -0.39 is 11.4 Å². The third kappa shape index (κ3) is 2.24. The van der Waals surface area contributed by atoms with Gasteiger partial charge in [0.05, 0.1) is 12.7 Å². The fraction of sp³-hybridized carbons (Fsp3) is 0.0769. The molecule has 0 fully saturated rings. The van der Waals surface area contributed by atoms with Crippen molar-refractivity contribution < 1.29 is 19.1 Å². The van der Waals surface area contributed by atoms with Gasteiger partial charge >= 0.3 is 5.97 Å². The molecular weight excluding hydrogens is 236 g/mol. The number of ether oxygens (including phenoxy) is 1. The molecule has 1 aromatic heterocycles. The molecule has 2 rings (SSSR count). The maximum absolute atomic E-state index is 11.7. The van der Waals surface area contributed by atoms with Crippen LogP contribution in [0.25, 0.3) is 11.1 Å². The molecule has 0 unspecified atom stereocenters. The lowest BCUT2D eigenvalue weighted by Crippen LogP contribution is -2.07. The highest BCUT2D eigenvalue weighted by Crippen LogP contribution is 2.19. The third-order valence-corrected chi connectivity index (χ3v) is 2.44. The topological polar surface area (TPSA) is 76.7 Å². The SMILES string of the molecule is COc1ccc(-c2coc(C(=O)O)cc2=O)cc1. The van der Waals surface area contributed by atoms with Crippen molar-refractivity contribution in [2.24, 2.45) is 0 Å². The number of aromatic carboxylic acids is 1. The normalized spacial score (nSPS) is 10.1. The monoisotopic (exact) mass is 246 g/mol. The van der Waals surface area contributed by atoms with E-state index in [4.69, 9.17) is 14.3 Å². The van der Waals surface area contributed by atoms with E-state index in [-0.39, 0.29) is 5.76 Å². The minimum absolute atomic E-state index is 0.308. The zero-order chi connectivity index (χ0) is 13.1. The first kappa shape index (κ1) is 11.9. The predicted octanol–water partition coefficient (Wildman–Crippen LogP) is 2.01. The number of hydrogen-bond acceptors (Lipinski definition) is 4. The zero-order valence-corrected chi connectivity index (χ0v) is 9.54. The van der Waals surface area contributed by atoms with Crippen LogP contribution in [-0.4, -0.2) is 18.2 Å². The minimum Gasteiger partial charge on any atom is -0.497 e. The summed E-state index contributed by atoms with van der Waals surface area (Å²) < 4.78 is 9.89. The van der Waals surface area contributed by atoms with Gasteiger partial charge in [0, 0.05) is 6.07 Å². The molecule has 5 heteroatoms. The van der Waals surface area contributed by atoms with E-state index in [1.54, 1.807) is 31.4 Å². The Morgan fingerprint density at radius 2 is 1.94 bits per heavy atom. The molecule has 1 N–H and O–H groups in total. The Hall–Kier alpha value is -2.56. The molecule has 1 heterocycles. The van der Waals surface area contributed by atoms with Crippen molar-refractivity contribution in [1.29, 1.82) is 0 Å². The molecule has 0 spiro atoms. The number of carbonyl (C=O) groups is 1. The largest absolute Gasteiger partial charge is 0.497 e. The number of hydrogen-bond donors (Lipinski definition) is 1. The van der Waals surface area contributed by atoms with Crippen molar-refractivity contribution in [1.82, 2.24) is 0 Å². The van der Waals surface area contributed by atoms with Crippen molar-refractivity contribution in [3.05, 3.63) is 52.6 Å². The molecule has 0 aliphatic heterocycles. The zero-order valence-electron chi connectivity index (χ0n) is 9.54. The van der Waals surface area contributed by atoms with Gasteiger partial charge in [-0.2, -0.15) is 0 Å². The molecule has 1 aromatic carbocycles. The van der Waals surface area contributed by atoms with E-state index in [0.29, 0.717) is 16.9 Å². The Bertz CT molecular complexity index is 625. The lowest BCUT2D eigenvalue weighted by molar-refractivity contribution is 0.0659. The number of carboxylic acids is 1. The van der Waals surface area contributed by atoms with E-state index >= 15 is 0 Å². The molecule has 0 saturated carbocycles. The Kier molecular flexibility index (Phi) is 3.14. The van der Waals surface area contributed by atoms with Crippen LogP contribution in [0.1, 0.15) is 10.6 Å². The van der Waals surface area contributed by atoms with Crippen LogP contribution in [-0.2, 0) is 0 Å². The van der Waals surface area contributed by atoms with Crippen LogP contribution in [0.3, 0.4) is 0 Å². The van der Waals surface area contributed by atoms with Gasteiger partial charge in [0.2, 0.25) is 5.76 Å². The standard InChI is InChI=1S/C13H10O5/c1-17-9-4-2-8(3-5-9)10-7-18-12(13(15)16)6-11(10)14/h2-7H,1H3,(H,15,16). The first-order valence-corrected chi connectivity index (χ1v) is 5.12. The van der Waals surface area contributed by atoms with Gasteiger partial charge in [0.15, 0.2) is 5.43 Å². The smallest absolute Gasteiger partial charge is 0.371 e. The Morgan fingerprint density at radius 1 is 1.28 bits per heavy atom. The van der Waals surface area contributed by atoms with Gasteiger partial charge in [-0.05, 0) is 17.7 Å². The lowest BCUT2D eigenvalue weighted by atomic mass is 10.1. The highest BCUT2D eigenvalue weighted by molar-refractivity contribution is 5.84. The maximum Gasteiger partial charge on any atom is 0.371 e. The summed E-state index contributed by atoms with van der Waals surface area (Å²) >= 11 is 0. The molecule has 0 bridgehead atoms. The number of methoxy groups -OCH3 is 1.